The minimum absolute atomic E-state index is 0.0817. The fourth-order valence-corrected chi connectivity index (χ4v) is 4.55. The molecule has 5 heteroatoms. The van der Waals surface area contributed by atoms with Gasteiger partial charge in [-0.25, -0.2) is 8.42 Å². The Hall–Kier alpha value is -0.910. The summed E-state index contributed by atoms with van der Waals surface area (Å²) in [6, 6.07) is 8.42. The molecule has 2 rings (SSSR count). The van der Waals surface area contributed by atoms with Gasteiger partial charge in [0.25, 0.3) is 0 Å². The normalized spacial score (nSPS) is 23.7. The topological polar surface area (TPSA) is 63.4 Å². The Labute approximate surface area is 115 Å². The van der Waals surface area contributed by atoms with E-state index in [0.29, 0.717) is 18.7 Å². The summed E-state index contributed by atoms with van der Waals surface area (Å²) in [4.78, 5) is 2.12. The Morgan fingerprint density at radius 1 is 1.47 bits per heavy atom. The van der Waals surface area contributed by atoms with Gasteiger partial charge < -0.3 is 5.73 Å². The number of rotatable bonds is 4. The molecule has 1 heterocycles. The number of sulfone groups is 1. The standard InChI is InChI=1S/C14H22N2O2S/c1-11-4-3-5-12(8-11)14(9-15)16(2)13-6-7-19(17,18)10-13/h3-5,8,13-14H,6-7,9-10,15H2,1-2H3. The van der Waals surface area contributed by atoms with Gasteiger partial charge >= 0.3 is 0 Å². The molecule has 0 amide bonds. The largest absolute Gasteiger partial charge is 0.329 e. The van der Waals surface area contributed by atoms with E-state index < -0.39 is 9.84 Å². The van der Waals surface area contributed by atoms with Crippen LogP contribution in [-0.4, -0.2) is 44.5 Å². The van der Waals surface area contributed by atoms with Gasteiger partial charge in [-0.3, -0.25) is 4.90 Å². The summed E-state index contributed by atoms with van der Waals surface area (Å²) in [5.41, 5.74) is 8.26. The molecule has 0 spiro atoms. The first-order valence-corrected chi connectivity index (χ1v) is 8.44. The van der Waals surface area contributed by atoms with Gasteiger partial charge in [-0.1, -0.05) is 29.8 Å². The van der Waals surface area contributed by atoms with Crippen LogP contribution in [-0.2, 0) is 9.84 Å². The van der Waals surface area contributed by atoms with E-state index in [-0.39, 0.29) is 17.8 Å². The van der Waals surface area contributed by atoms with E-state index in [1.54, 1.807) is 0 Å². The molecule has 0 aliphatic carbocycles. The van der Waals surface area contributed by atoms with Crippen molar-refractivity contribution in [3.63, 3.8) is 0 Å². The van der Waals surface area contributed by atoms with Crippen molar-refractivity contribution in [3.05, 3.63) is 35.4 Å². The van der Waals surface area contributed by atoms with E-state index in [9.17, 15) is 8.42 Å². The van der Waals surface area contributed by atoms with E-state index in [2.05, 4.69) is 30.0 Å². The van der Waals surface area contributed by atoms with Crippen molar-refractivity contribution < 1.29 is 8.42 Å². The molecule has 1 aliphatic rings. The van der Waals surface area contributed by atoms with Crippen LogP contribution in [0.4, 0.5) is 0 Å². The van der Waals surface area contributed by atoms with Gasteiger partial charge in [-0.2, -0.15) is 0 Å². The molecule has 106 valence electrons. The van der Waals surface area contributed by atoms with Crippen molar-refractivity contribution in [1.29, 1.82) is 0 Å². The Kier molecular flexibility index (Phi) is 4.28. The van der Waals surface area contributed by atoms with E-state index >= 15 is 0 Å². The summed E-state index contributed by atoms with van der Waals surface area (Å²) in [6.07, 6.45) is 0.709. The summed E-state index contributed by atoms with van der Waals surface area (Å²) in [7, 11) is -0.878. The van der Waals surface area contributed by atoms with E-state index in [1.165, 1.54) is 5.56 Å². The molecular formula is C14H22N2O2S. The summed E-state index contributed by atoms with van der Waals surface area (Å²) in [5, 5.41) is 0. The third-order valence-electron chi connectivity index (χ3n) is 3.93. The minimum atomic E-state index is -2.86. The number of nitrogens with zero attached hydrogens (tertiary/aromatic N) is 1. The number of hydrogen-bond donors (Lipinski definition) is 1. The minimum Gasteiger partial charge on any atom is -0.329 e. The van der Waals surface area contributed by atoms with E-state index in [0.717, 1.165) is 5.56 Å². The molecule has 0 bridgehead atoms. The molecular weight excluding hydrogens is 260 g/mol. The average Bonchev–Trinajstić information content (AvgIpc) is 2.71. The zero-order valence-electron chi connectivity index (χ0n) is 11.5. The highest BCUT2D eigenvalue weighted by molar-refractivity contribution is 7.91. The number of benzene rings is 1. The molecule has 19 heavy (non-hydrogen) atoms. The quantitative estimate of drug-likeness (QED) is 0.898. The second-order valence-corrected chi connectivity index (χ2v) is 7.62. The summed E-state index contributed by atoms with van der Waals surface area (Å²) in [6.45, 7) is 2.55. The number of aryl methyl sites for hydroxylation is 1. The van der Waals surface area contributed by atoms with E-state index in [4.69, 9.17) is 5.73 Å². The smallest absolute Gasteiger partial charge is 0.151 e. The lowest BCUT2D eigenvalue weighted by Crippen LogP contribution is -2.39. The van der Waals surface area contributed by atoms with Crippen molar-refractivity contribution in [2.45, 2.75) is 25.4 Å². The van der Waals surface area contributed by atoms with Crippen LogP contribution in [0.25, 0.3) is 0 Å². The number of likely N-dealkylation sites (N-methyl/N-ethyl adjacent to an activating group) is 1. The highest BCUT2D eigenvalue weighted by Gasteiger charge is 2.33. The highest BCUT2D eigenvalue weighted by atomic mass is 32.2. The maximum absolute atomic E-state index is 11.6. The first-order chi connectivity index (χ1) is 8.93. The molecule has 2 N–H and O–H groups in total. The van der Waals surface area contributed by atoms with Gasteiger partial charge in [0.2, 0.25) is 0 Å². The van der Waals surface area contributed by atoms with Crippen LogP contribution in [0.3, 0.4) is 0 Å². The van der Waals surface area contributed by atoms with Crippen LogP contribution in [0.5, 0.6) is 0 Å². The molecule has 4 nitrogen and oxygen atoms in total. The first-order valence-electron chi connectivity index (χ1n) is 6.62. The number of hydrogen-bond acceptors (Lipinski definition) is 4. The molecule has 1 aromatic carbocycles. The van der Waals surface area contributed by atoms with Gasteiger partial charge in [-0.15, -0.1) is 0 Å². The van der Waals surface area contributed by atoms with Gasteiger partial charge in [0.15, 0.2) is 9.84 Å². The van der Waals surface area contributed by atoms with Crippen molar-refractivity contribution in [2.75, 3.05) is 25.1 Å². The monoisotopic (exact) mass is 282 g/mol. The molecule has 0 saturated carbocycles. The molecule has 0 aromatic heterocycles. The summed E-state index contributed by atoms with van der Waals surface area (Å²) >= 11 is 0. The van der Waals surface area contributed by atoms with Gasteiger partial charge in [0, 0.05) is 18.6 Å². The Morgan fingerprint density at radius 2 is 2.21 bits per heavy atom. The van der Waals surface area contributed by atoms with Crippen molar-refractivity contribution in [3.8, 4) is 0 Å². The lowest BCUT2D eigenvalue weighted by atomic mass is 10.0. The molecule has 2 unspecified atom stereocenters. The second kappa shape index (κ2) is 5.61. The maximum Gasteiger partial charge on any atom is 0.151 e. The fraction of sp³-hybridized carbons (Fsp3) is 0.571. The highest BCUT2D eigenvalue weighted by Crippen LogP contribution is 2.26. The molecule has 2 atom stereocenters. The van der Waals surface area contributed by atoms with Crippen LogP contribution in [0, 0.1) is 6.92 Å². The Morgan fingerprint density at radius 3 is 2.74 bits per heavy atom. The molecule has 1 aliphatic heterocycles. The van der Waals surface area contributed by atoms with Gasteiger partial charge in [0.1, 0.15) is 0 Å². The third-order valence-corrected chi connectivity index (χ3v) is 5.68. The van der Waals surface area contributed by atoms with Crippen molar-refractivity contribution in [2.24, 2.45) is 5.73 Å². The number of nitrogens with two attached hydrogens (primary N) is 1. The predicted octanol–water partition coefficient (Wildman–Crippen LogP) is 1.11. The van der Waals surface area contributed by atoms with Crippen LogP contribution in [0.2, 0.25) is 0 Å². The van der Waals surface area contributed by atoms with Crippen LogP contribution < -0.4 is 5.73 Å². The van der Waals surface area contributed by atoms with Crippen LogP contribution in [0.1, 0.15) is 23.6 Å². The molecule has 1 fully saturated rings. The average molecular weight is 282 g/mol. The van der Waals surface area contributed by atoms with Gasteiger partial charge in [-0.05, 0) is 26.0 Å². The summed E-state index contributed by atoms with van der Waals surface area (Å²) < 4.78 is 23.2. The predicted molar refractivity (Wildman–Crippen MR) is 77.8 cm³/mol. The SMILES string of the molecule is Cc1cccc(C(CN)N(C)C2CCS(=O)(=O)C2)c1. The molecule has 1 aromatic rings. The van der Waals surface area contributed by atoms with Gasteiger partial charge in [0.05, 0.1) is 11.5 Å². The zero-order chi connectivity index (χ0) is 14.0. The fourth-order valence-electron chi connectivity index (χ4n) is 2.77. The molecule has 1 saturated heterocycles. The first kappa shape index (κ1) is 14.5. The Bertz CT molecular complexity index is 542. The maximum atomic E-state index is 11.6. The second-order valence-electron chi connectivity index (χ2n) is 5.39. The van der Waals surface area contributed by atoms with Crippen molar-refractivity contribution in [1.82, 2.24) is 4.90 Å². The van der Waals surface area contributed by atoms with Crippen LogP contribution >= 0.6 is 0 Å². The third kappa shape index (κ3) is 3.35. The lowest BCUT2D eigenvalue weighted by molar-refractivity contribution is 0.192. The van der Waals surface area contributed by atoms with E-state index in [1.807, 2.05) is 13.1 Å². The Balaban J connectivity index is 2.18. The lowest BCUT2D eigenvalue weighted by Gasteiger charge is -2.32. The van der Waals surface area contributed by atoms with Crippen molar-refractivity contribution >= 4 is 9.84 Å². The molecule has 0 radical (unpaired) electrons. The zero-order valence-corrected chi connectivity index (χ0v) is 12.4. The summed E-state index contributed by atoms with van der Waals surface area (Å²) in [5.74, 6) is 0.554. The van der Waals surface area contributed by atoms with Crippen LogP contribution in [0.15, 0.2) is 24.3 Å².